The van der Waals surface area contributed by atoms with Crippen LogP contribution in [0, 0.1) is 35.5 Å². The van der Waals surface area contributed by atoms with Crippen molar-refractivity contribution in [3.8, 4) is 0 Å². The molecule has 0 unspecified atom stereocenters. The number of primary amides is 1. The van der Waals surface area contributed by atoms with Gasteiger partial charge < -0.3 is 21.3 Å². The summed E-state index contributed by atoms with van der Waals surface area (Å²) in [6.45, 7) is 3.73. The molecule has 0 spiro atoms. The highest BCUT2D eigenvalue weighted by atomic mass is 16.4. The highest BCUT2D eigenvalue weighted by Gasteiger charge is 2.47. The maximum atomic E-state index is 12.5. The monoisotopic (exact) mass is 522 g/mol. The Balaban J connectivity index is 1.80. The molecule has 7 atom stereocenters. The number of aliphatic carboxylic acids is 1. The summed E-state index contributed by atoms with van der Waals surface area (Å²) in [5.74, 6) is -2.74. The molecule has 202 valence electrons. The van der Waals surface area contributed by atoms with Crippen molar-refractivity contribution < 1.29 is 34.2 Å². The molecule has 1 heterocycles. The smallest absolute Gasteiger partial charge is 0.303 e. The van der Waals surface area contributed by atoms with Gasteiger partial charge in [0.1, 0.15) is 17.1 Å². The fourth-order valence-corrected chi connectivity index (χ4v) is 5.92. The van der Waals surface area contributed by atoms with Crippen LogP contribution in [0.2, 0.25) is 0 Å². The summed E-state index contributed by atoms with van der Waals surface area (Å²) in [6, 6.07) is -0.972. The number of carbonyl (C=O) groups excluding carboxylic acids is 4. The predicted octanol–water partition coefficient (Wildman–Crippen LogP) is 2.72. The normalized spacial score (nSPS) is 32.5. The molecule has 38 heavy (non-hydrogen) atoms. The Morgan fingerprint density at radius 3 is 2.39 bits per heavy atom. The van der Waals surface area contributed by atoms with Gasteiger partial charge in [-0.15, -0.1) is 0 Å². The average Bonchev–Trinajstić information content (AvgIpc) is 3.32. The van der Waals surface area contributed by atoms with E-state index in [0.717, 1.165) is 6.42 Å². The van der Waals surface area contributed by atoms with Crippen LogP contribution in [-0.4, -0.2) is 45.6 Å². The van der Waals surface area contributed by atoms with E-state index in [0.29, 0.717) is 0 Å². The summed E-state index contributed by atoms with van der Waals surface area (Å²) in [5, 5.41) is 21.6. The molecule has 3 rings (SSSR count). The van der Waals surface area contributed by atoms with Crippen LogP contribution in [0.5, 0.6) is 0 Å². The minimum atomic E-state index is -1.08. The van der Waals surface area contributed by atoms with E-state index >= 15 is 0 Å². The molecule has 5 N–H and O–H groups in total. The maximum absolute atomic E-state index is 12.5. The number of fused-ring (bicyclic) bond motifs is 1. The zero-order valence-corrected chi connectivity index (χ0v) is 21.4. The molecule has 1 aliphatic heterocycles. The fraction of sp³-hybridized carbons (Fsp3) is 0.414. The third-order valence-corrected chi connectivity index (χ3v) is 7.53. The molecule has 0 aromatic carbocycles. The van der Waals surface area contributed by atoms with Crippen LogP contribution in [0.15, 0.2) is 72.1 Å². The van der Waals surface area contributed by atoms with Crippen molar-refractivity contribution in [3.05, 3.63) is 72.1 Å². The van der Waals surface area contributed by atoms with Crippen molar-refractivity contribution in [2.45, 2.75) is 39.2 Å². The van der Waals surface area contributed by atoms with Crippen LogP contribution < -0.4 is 11.1 Å². The number of carbonyl (C=O) groups is 5. The molecule has 9 heteroatoms. The van der Waals surface area contributed by atoms with E-state index < -0.39 is 35.4 Å². The number of hydrogen-bond donors (Lipinski definition) is 4. The average molecular weight is 523 g/mol. The number of hydrogen-bond acceptors (Lipinski definition) is 6. The number of rotatable bonds is 10. The van der Waals surface area contributed by atoms with Crippen molar-refractivity contribution in [2.75, 3.05) is 0 Å². The Bertz CT molecular complexity index is 1170. The zero-order chi connectivity index (χ0) is 28.0. The van der Waals surface area contributed by atoms with Gasteiger partial charge in [-0.25, -0.2) is 0 Å². The Labute approximate surface area is 221 Å². The van der Waals surface area contributed by atoms with Gasteiger partial charge in [0, 0.05) is 24.3 Å². The lowest BCUT2D eigenvalue weighted by Crippen LogP contribution is -2.30. The Morgan fingerprint density at radius 1 is 1.05 bits per heavy atom. The van der Waals surface area contributed by atoms with Crippen molar-refractivity contribution in [1.82, 2.24) is 5.32 Å². The second-order valence-corrected chi connectivity index (χ2v) is 10.1. The van der Waals surface area contributed by atoms with E-state index in [1.807, 2.05) is 12.2 Å². The van der Waals surface area contributed by atoms with Crippen LogP contribution >= 0.6 is 0 Å². The first-order chi connectivity index (χ1) is 18.0. The number of aliphatic hydroxyl groups excluding tert-OH is 1. The van der Waals surface area contributed by atoms with Crippen molar-refractivity contribution in [3.63, 3.8) is 0 Å². The van der Waals surface area contributed by atoms with Crippen molar-refractivity contribution >= 4 is 29.4 Å². The van der Waals surface area contributed by atoms with Crippen LogP contribution in [0.4, 0.5) is 0 Å². The molecule has 9 nitrogen and oxygen atoms in total. The first kappa shape index (κ1) is 28.6. The van der Waals surface area contributed by atoms with E-state index in [4.69, 9.17) is 10.8 Å². The number of aliphatic hydroxyl groups is 1. The van der Waals surface area contributed by atoms with Crippen LogP contribution in [0.25, 0.3) is 0 Å². The largest absolute Gasteiger partial charge is 0.507 e. The second kappa shape index (κ2) is 12.5. The van der Waals surface area contributed by atoms with Crippen LogP contribution in [0.3, 0.4) is 0 Å². The van der Waals surface area contributed by atoms with Gasteiger partial charge in [0.15, 0.2) is 5.78 Å². The van der Waals surface area contributed by atoms with Gasteiger partial charge in [-0.2, -0.15) is 0 Å². The van der Waals surface area contributed by atoms with Gasteiger partial charge in [0.05, 0.1) is 6.04 Å². The van der Waals surface area contributed by atoms with E-state index in [1.165, 1.54) is 18.2 Å². The standard InChI is InChI=1S/C29H34N2O7/c1-16-15-21-19(18(7-3-6-10-24(30)34)11-12-20(21)26(16)17(2)32)8-4-5-9-23(33)27-28(37)22(31-29(27)38)13-14-25(35)36/h3-12,16,18-22,26,33H,13-15H2,1-2H3,(H2,30,34)(H,31,38)(H,35,36)/b7-3+,8-4+,9-5+,10-6+,27-23-/t16-,18+,19+,20-,21-,22+,26+/m1/s1. The quantitative estimate of drug-likeness (QED) is 0.113. The third-order valence-electron chi connectivity index (χ3n) is 7.53. The van der Waals surface area contributed by atoms with Gasteiger partial charge in [-0.3, -0.25) is 24.0 Å². The fourth-order valence-electron chi connectivity index (χ4n) is 5.92. The van der Waals surface area contributed by atoms with Crippen LogP contribution in [0.1, 0.15) is 33.1 Å². The lowest BCUT2D eigenvalue weighted by Gasteiger charge is -2.34. The summed E-state index contributed by atoms with van der Waals surface area (Å²) >= 11 is 0. The Kier molecular flexibility index (Phi) is 9.39. The number of allylic oxidation sites excluding steroid dienone is 9. The molecule has 0 bridgehead atoms. The predicted molar refractivity (Wildman–Crippen MR) is 140 cm³/mol. The molecule has 2 fully saturated rings. The summed E-state index contributed by atoms with van der Waals surface area (Å²) in [5.41, 5.74) is 4.76. The molecule has 0 aromatic heterocycles. The van der Waals surface area contributed by atoms with Gasteiger partial charge in [-0.05, 0) is 49.5 Å². The highest BCUT2D eigenvalue weighted by Crippen LogP contribution is 2.51. The minimum Gasteiger partial charge on any atom is -0.507 e. The summed E-state index contributed by atoms with van der Waals surface area (Å²) in [7, 11) is 0. The molecule has 1 saturated carbocycles. The Morgan fingerprint density at radius 2 is 1.74 bits per heavy atom. The first-order valence-electron chi connectivity index (χ1n) is 12.7. The minimum absolute atomic E-state index is 0.000433. The summed E-state index contributed by atoms with van der Waals surface area (Å²) in [6.07, 6.45) is 17.8. The van der Waals surface area contributed by atoms with E-state index in [-0.39, 0.29) is 59.7 Å². The maximum Gasteiger partial charge on any atom is 0.303 e. The SMILES string of the molecule is CC(=O)[C@H]1[C@@H]2C=C[C@H](/C=C/C=C/C(N)=O)[C@H](/C=C/C=C/C(O)=C3/C(=O)N[C@@H](CCC(=O)O)C3=O)[C@H]2C[C@H]1C. The first-order valence-corrected chi connectivity index (χ1v) is 12.7. The number of nitrogens with one attached hydrogen (secondary N) is 1. The topological polar surface area (TPSA) is 164 Å². The van der Waals surface area contributed by atoms with Crippen molar-refractivity contribution in [1.29, 1.82) is 0 Å². The van der Waals surface area contributed by atoms with Gasteiger partial charge in [0.25, 0.3) is 5.91 Å². The van der Waals surface area contributed by atoms with Gasteiger partial charge >= 0.3 is 5.97 Å². The number of carboxylic acids is 1. The zero-order valence-electron chi connectivity index (χ0n) is 21.4. The van der Waals surface area contributed by atoms with Gasteiger partial charge in [-0.1, -0.05) is 55.5 Å². The molecule has 0 radical (unpaired) electrons. The lowest BCUT2D eigenvalue weighted by molar-refractivity contribution is -0.137. The summed E-state index contributed by atoms with van der Waals surface area (Å²) < 4.78 is 0. The second-order valence-electron chi connectivity index (χ2n) is 10.1. The molecule has 2 aliphatic carbocycles. The molecule has 3 aliphatic rings. The Hall–Kier alpha value is -4.01. The number of ketones is 2. The van der Waals surface area contributed by atoms with E-state index in [2.05, 4.69) is 24.4 Å². The highest BCUT2D eigenvalue weighted by molar-refractivity contribution is 6.27. The molecular weight excluding hydrogens is 488 g/mol. The lowest BCUT2D eigenvalue weighted by atomic mass is 9.69. The number of carboxylic acid groups (broad SMARTS) is 1. The van der Waals surface area contributed by atoms with Gasteiger partial charge in [0.2, 0.25) is 5.91 Å². The molecule has 1 saturated heterocycles. The summed E-state index contributed by atoms with van der Waals surface area (Å²) in [4.78, 5) is 58.8. The molecular formula is C29H34N2O7. The van der Waals surface area contributed by atoms with E-state index in [1.54, 1.807) is 25.2 Å². The van der Waals surface area contributed by atoms with E-state index in [9.17, 15) is 29.1 Å². The number of amides is 2. The van der Waals surface area contributed by atoms with Crippen molar-refractivity contribution in [2.24, 2.45) is 41.2 Å². The molecule has 0 aromatic rings. The van der Waals surface area contributed by atoms with Crippen LogP contribution in [-0.2, 0) is 24.0 Å². The number of Topliss-reactive ketones (excluding diaryl/α,β-unsaturated/α-hetero) is 2. The number of nitrogens with two attached hydrogens (primary N) is 1. The molecule has 2 amide bonds. The third kappa shape index (κ3) is 6.65.